The maximum absolute atomic E-state index is 6.15. The van der Waals surface area contributed by atoms with Crippen LogP contribution in [0.3, 0.4) is 0 Å². The van der Waals surface area contributed by atoms with E-state index < -0.39 is 0 Å². The van der Waals surface area contributed by atoms with E-state index in [9.17, 15) is 0 Å². The highest BCUT2D eigenvalue weighted by atomic mass is 35.5. The number of nitrogens with zero attached hydrogens (tertiary/aromatic N) is 2. The fourth-order valence-electron chi connectivity index (χ4n) is 2.54. The Morgan fingerprint density at radius 3 is 2.45 bits per heavy atom. The van der Waals surface area contributed by atoms with Gasteiger partial charge in [0.2, 0.25) is 0 Å². The van der Waals surface area contributed by atoms with E-state index in [1.165, 1.54) is 5.56 Å². The van der Waals surface area contributed by atoms with Gasteiger partial charge in [-0.15, -0.1) is 0 Å². The van der Waals surface area contributed by atoms with Gasteiger partial charge in [-0.3, -0.25) is 0 Å². The van der Waals surface area contributed by atoms with E-state index in [2.05, 4.69) is 43.1 Å². The molecule has 3 heteroatoms. The molecule has 112 valence electrons. The molecule has 0 aliphatic heterocycles. The third-order valence-corrected chi connectivity index (χ3v) is 4.00. The van der Waals surface area contributed by atoms with Crippen molar-refractivity contribution in [3.8, 4) is 0 Å². The second-order valence-electron chi connectivity index (χ2n) is 5.83. The summed E-state index contributed by atoms with van der Waals surface area (Å²) >= 11 is 6.15. The number of hydrogen-bond donors (Lipinski definition) is 0. The quantitative estimate of drug-likeness (QED) is 0.662. The van der Waals surface area contributed by atoms with Gasteiger partial charge < -0.3 is 0 Å². The van der Waals surface area contributed by atoms with Crippen LogP contribution in [0.15, 0.2) is 48.5 Å². The Bertz CT molecular complexity index is 782. The molecule has 0 radical (unpaired) electrons. The molecule has 2 aromatic carbocycles. The summed E-state index contributed by atoms with van der Waals surface area (Å²) in [7, 11) is 0. The predicted octanol–water partition coefficient (Wildman–Crippen LogP) is 5.19. The summed E-state index contributed by atoms with van der Waals surface area (Å²) in [6, 6.07) is 16.3. The van der Waals surface area contributed by atoms with Gasteiger partial charge in [0.05, 0.1) is 11.2 Å². The maximum Gasteiger partial charge on any atom is 0.131 e. The molecule has 1 aromatic heterocycles. The first-order chi connectivity index (χ1) is 10.6. The zero-order valence-electron chi connectivity index (χ0n) is 12.9. The first-order valence-corrected chi connectivity index (χ1v) is 8.01. The normalized spacial score (nSPS) is 11.3. The standard InChI is InChI=1S/C19H19ClN2/c1-13(2)19-21-17(10-8-14-6-4-3-5-7-14)16-12-15(20)9-11-18(16)22-19/h3-7,9,11-13H,8,10H2,1-2H3. The van der Waals surface area contributed by atoms with Gasteiger partial charge >= 0.3 is 0 Å². The van der Waals surface area contributed by atoms with Gasteiger partial charge in [0, 0.05) is 16.3 Å². The zero-order valence-corrected chi connectivity index (χ0v) is 13.6. The van der Waals surface area contributed by atoms with E-state index in [4.69, 9.17) is 16.6 Å². The monoisotopic (exact) mass is 310 g/mol. The highest BCUT2D eigenvalue weighted by Crippen LogP contribution is 2.24. The first kappa shape index (κ1) is 15.0. The van der Waals surface area contributed by atoms with Gasteiger partial charge in [-0.25, -0.2) is 9.97 Å². The SMILES string of the molecule is CC(C)c1nc(CCc2ccccc2)c2cc(Cl)ccc2n1. The fraction of sp³-hybridized carbons (Fsp3) is 0.263. The molecule has 0 unspecified atom stereocenters. The van der Waals surface area contributed by atoms with E-state index >= 15 is 0 Å². The van der Waals surface area contributed by atoms with Gasteiger partial charge in [0.25, 0.3) is 0 Å². The molecule has 3 rings (SSSR count). The highest BCUT2D eigenvalue weighted by molar-refractivity contribution is 6.31. The minimum Gasteiger partial charge on any atom is -0.237 e. The Morgan fingerprint density at radius 1 is 0.955 bits per heavy atom. The van der Waals surface area contributed by atoms with Crippen molar-refractivity contribution in [2.75, 3.05) is 0 Å². The van der Waals surface area contributed by atoms with Gasteiger partial charge in [0.1, 0.15) is 5.82 Å². The van der Waals surface area contributed by atoms with Gasteiger partial charge in [-0.2, -0.15) is 0 Å². The molecule has 0 fully saturated rings. The smallest absolute Gasteiger partial charge is 0.131 e. The number of fused-ring (bicyclic) bond motifs is 1. The van der Waals surface area contributed by atoms with Crippen LogP contribution in [0.25, 0.3) is 10.9 Å². The van der Waals surface area contributed by atoms with Crippen molar-refractivity contribution in [2.45, 2.75) is 32.6 Å². The third kappa shape index (κ3) is 3.28. The zero-order chi connectivity index (χ0) is 15.5. The van der Waals surface area contributed by atoms with Gasteiger partial charge in [0.15, 0.2) is 0 Å². The number of hydrogen-bond acceptors (Lipinski definition) is 2. The second kappa shape index (κ2) is 6.45. The fourth-order valence-corrected chi connectivity index (χ4v) is 2.71. The molecule has 0 amide bonds. The molecule has 0 saturated heterocycles. The summed E-state index contributed by atoms with van der Waals surface area (Å²) in [5, 5.41) is 1.79. The molecule has 0 bridgehead atoms. The van der Waals surface area contributed by atoms with E-state index in [1.807, 2.05) is 24.3 Å². The van der Waals surface area contributed by atoms with Crippen LogP contribution in [0.5, 0.6) is 0 Å². The molecule has 2 nitrogen and oxygen atoms in total. The Balaban J connectivity index is 2.00. The van der Waals surface area contributed by atoms with Gasteiger partial charge in [-0.1, -0.05) is 55.8 Å². The lowest BCUT2D eigenvalue weighted by Gasteiger charge is -2.11. The number of aromatic nitrogens is 2. The van der Waals surface area contributed by atoms with Crippen molar-refractivity contribution in [1.82, 2.24) is 9.97 Å². The van der Waals surface area contributed by atoms with Gasteiger partial charge in [-0.05, 0) is 36.6 Å². The van der Waals surface area contributed by atoms with E-state index in [0.29, 0.717) is 5.92 Å². The largest absolute Gasteiger partial charge is 0.237 e. The number of benzene rings is 2. The lowest BCUT2D eigenvalue weighted by Crippen LogP contribution is -2.04. The van der Waals surface area contributed by atoms with Crippen LogP contribution >= 0.6 is 11.6 Å². The maximum atomic E-state index is 6.15. The van der Waals surface area contributed by atoms with Crippen molar-refractivity contribution in [3.63, 3.8) is 0 Å². The summed E-state index contributed by atoms with van der Waals surface area (Å²) in [6.07, 6.45) is 1.86. The van der Waals surface area contributed by atoms with Crippen molar-refractivity contribution in [1.29, 1.82) is 0 Å². The molecule has 0 atom stereocenters. The van der Waals surface area contributed by atoms with Crippen LogP contribution in [0.1, 0.15) is 36.8 Å². The van der Waals surface area contributed by atoms with Crippen molar-refractivity contribution in [2.24, 2.45) is 0 Å². The van der Waals surface area contributed by atoms with Crippen LogP contribution in [0.2, 0.25) is 5.02 Å². The average molecular weight is 311 g/mol. The van der Waals surface area contributed by atoms with Crippen LogP contribution in [0, 0.1) is 0 Å². The van der Waals surface area contributed by atoms with Crippen molar-refractivity contribution >= 4 is 22.5 Å². The molecule has 22 heavy (non-hydrogen) atoms. The Hall–Kier alpha value is -1.93. The summed E-state index contributed by atoms with van der Waals surface area (Å²) in [5.41, 5.74) is 3.38. The van der Waals surface area contributed by atoms with Crippen LogP contribution in [-0.4, -0.2) is 9.97 Å². The molecular weight excluding hydrogens is 292 g/mol. The average Bonchev–Trinajstić information content (AvgIpc) is 2.53. The van der Waals surface area contributed by atoms with E-state index in [1.54, 1.807) is 0 Å². The second-order valence-corrected chi connectivity index (χ2v) is 6.27. The van der Waals surface area contributed by atoms with Crippen LogP contribution < -0.4 is 0 Å². The topological polar surface area (TPSA) is 25.8 Å². The first-order valence-electron chi connectivity index (χ1n) is 7.63. The minimum absolute atomic E-state index is 0.315. The Kier molecular flexibility index (Phi) is 4.39. The molecule has 0 spiro atoms. The molecule has 1 heterocycles. The van der Waals surface area contributed by atoms with E-state index in [-0.39, 0.29) is 0 Å². The summed E-state index contributed by atoms with van der Waals surface area (Å²) in [5.74, 6) is 1.22. The van der Waals surface area contributed by atoms with Crippen molar-refractivity contribution in [3.05, 3.63) is 70.6 Å². The minimum atomic E-state index is 0.315. The lowest BCUT2D eigenvalue weighted by molar-refractivity contribution is 0.763. The van der Waals surface area contributed by atoms with Crippen LogP contribution in [-0.2, 0) is 12.8 Å². The Labute approximate surface area is 136 Å². The van der Waals surface area contributed by atoms with Crippen molar-refractivity contribution < 1.29 is 0 Å². The molecule has 0 aliphatic rings. The summed E-state index contributed by atoms with van der Waals surface area (Å²) in [6.45, 7) is 4.25. The predicted molar refractivity (Wildman–Crippen MR) is 92.5 cm³/mol. The number of aryl methyl sites for hydroxylation is 2. The molecular formula is C19H19ClN2. The summed E-state index contributed by atoms with van der Waals surface area (Å²) in [4.78, 5) is 9.45. The highest BCUT2D eigenvalue weighted by Gasteiger charge is 2.11. The van der Waals surface area contributed by atoms with E-state index in [0.717, 1.165) is 40.3 Å². The lowest BCUT2D eigenvalue weighted by atomic mass is 10.0. The van der Waals surface area contributed by atoms with Crippen LogP contribution in [0.4, 0.5) is 0 Å². The number of rotatable bonds is 4. The summed E-state index contributed by atoms with van der Waals surface area (Å²) < 4.78 is 0. The molecule has 3 aromatic rings. The third-order valence-electron chi connectivity index (χ3n) is 3.76. The molecule has 0 saturated carbocycles. The molecule has 0 N–H and O–H groups in total. The number of halogens is 1. The molecule has 0 aliphatic carbocycles. The Morgan fingerprint density at radius 2 is 1.73 bits per heavy atom.